The van der Waals surface area contributed by atoms with E-state index >= 15 is 0 Å². The molecule has 0 atom stereocenters. The normalized spacial score (nSPS) is 10.7. The Kier molecular flexibility index (Phi) is 7.60. The molecule has 9 heteroatoms. The molecule has 0 unspecified atom stereocenters. The molecule has 4 aromatic rings. The average Bonchev–Trinajstić information content (AvgIpc) is 2.84. The van der Waals surface area contributed by atoms with E-state index in [0.717, 1.165) is 4.90 Å². The number of fused-ring (bicyclic) bond motifs is 1. The van der Waals surface area contributed by atoms with E-state index in [4.69, 9.17) is 23.2 Å². The summed E-state index contributed by atoms with van der Waals surface area (Å²) < 4.78 is 0. The van der Waals surface area contributed by atoms with Crippen molar-refractivity contribution >= 4 is 74.9 Å². The van der Waals surface area contributed by atoms with Crippen molar-refractivity contribution < 1.29 is 19.5 Å². The van der Waals surface area contributed by atoms with Crippen LogP contribution in [0.2, 0.25) is 10.0 Å². The third kappa shape index (κ3) is 5.95. The molecule has 4 rings (SSSR count). The molecule has 0 fully saturated rings. The summed E-state index contributed by atoms with van der Waals surface area (Å²) >= 11 is 13.3. The van der Waals surface area contributed by atoms with E-state index < -0.39 is 11.9 Å². The van der Waals surface area contributed by atoms with Crippen molar-refractivity contribution in [1.29, 1.82) is 0 Å². The number of benzene rings is 4. The minimum atomic E-state index is -1.11. The average molecular weight is 525 g/mol. The number of nitrogens with one attached hydrogen (secondary N) is 2. The summed E-state index contributed by atoms with van der Waals surface area (Å²) in [6.45, 7) is 0. The zero-order valence-electron chi connectivity index (χ0n) is 18.0. The fraction of sp³-hybridized carbons (Fsp3) is 0.0385. The molecule has 0 heterocycles. The minimum Gasteiger partial charge on any atom is -0.478 e. The Bertz CT molecular complexity index is 1450. The highest BCUT2D eigenvalue weighted by molar-refractivity contribution is 8.00. The largest absolute Gasteiger partial charge is 0.478 e. The van der Waals surface area contributed by atoms with Gasteiger partial charge in [0.1, 0.15) is 0 Å². The molecular weight excluding hydrogens is 507 g/mol. The quantitative estimate of drug-likeness (QED) is 0.230. The predicted molar refractivity (Wildman–Crippen MR) is 141 cm³/mol. The molecule has 0 bridgehead atoms. The first kappa shape index (κ1) is 24.6. The number of amides is 2. The maximum atomic E-state index is 13.0. The van der Waals surface area contributed by atoms with Crippen LogP contribution in [0.5, 0.6) is 0 Å². The summed E-state index contributed by atoms with van der Waals surface area (Å²) in [5.74, 6) is -1.68. The molecule has 3 N–H and O–H groups in total. The lowest BCUT2D eigenvalue weighted by atomic mass is 9.98. The third-order valence-electron chi connectivity index (χ3n) is 5.04. The van der Waals surface area contributed by atoms with Gasteiger partial charge in [0.25, 0.3) is 5.91 Å². The number of carboxylic acid groups (broad SMARTS) is 1. The lowest BCUT2D eigenvalue weighted by Gasteiger charge is -2.11. The number of anilines is 2. The van der Waals surface area contributed by atoms with Crippen molar-refractivity contribution in [3.63, 3.8) is 0 Å². The summed E-state index contributed by atoms with van der Waals surface area (Å²) in [4.78, 5) is 37.9. The molecular formula is C26H18Cl2N2O4S. The molecule has 0 aromatic heterocycles. The Morgan fingerprint density at radius 3 is 2.29 bits per heavy atom. The van der Waals surface area contributed by atoms with E-state index in [0.29, 0.717) is 32.2 Å². The van der Waals surface area contributed by atoms with Crippen LogP contribution < -0.4 is 10.6 Å². The molecule has 0 aliphatic heterocycles. The van der Waals surface area contributed by atoms with Crippen molar-refractivity contribution in [3.8, 4) is 0 Å². The molecule has 176 valence electrons. The summed E-state index contributed by atoms with van der Waals surface area (Å²) in [6, 6.07) is 21.8. The lowest BCUT2D eigenvalue weighted by Crippen LogP contribution is -2.15. The molecule has 0 spiro atoms. The first-order valence-electron chi connectivity index (χ1n) is 10.4. The summed E-state index contributed by atoms with van der Waals surface area (Å²) in [5, 5.41) is 17.0. The molecule has 35 heavy (non-hydrogen) atoms. The van der Waals surface area contributed by atoms with Gasteiger partial charge in [0.05, 0.1) is 22.0 Å². The monoisotopic (exact) mass is 524 g/mol. The fourth-order valence-corrected chi connectivity index (χ4v) is 4.59. The zero-order valence-corrected chi connectivity index (χ0v) is 20.4. The molecule has 0 saturated carbocycles. The Balaban J connectivity index is 1.46. The standard InChI is InChI=1S/C26H18Cl2N2O4S/c27-16-10-11-21(28)22(12-16)30-23(31)14-35-18-7-3-6-17(13-18)29-25(32)19-8-1-4-15-5-2-9-20(24(15)19)26(33)34/h1-13H,14H2,(H,29,32)(H,30,31)(H,33,34). The smallest absolute Gasteiger partial charge is 0.336 e. The number of carbonyl (C=O) groups is 3. The van der Waals surface area contributed by atoms with Crippen LogP contribution in [-0.2, 0) is 4.79 Å². The number of rotatable bonds is 7. The van der Waals surface area contributed by atoms with E-state index in [2.05, 4.69) is 10.6 Å². The van der Waals surface area contributed by atoms with Crippen LogP contribution in [0.15, 0.2) is 83.8 Å². The van der Waals surface area contributed by atoms with E-state index in [1.165, 1.54) is 17.8 Å². The zero-order chi connectivity index (χ0) is 24.9. The van der Waals surface area contributed by atoms with Gasteiger partial charge in [-0.1, -0.05) is 53.5 Å². The van der Waals surface area contributed by atoms with Gasteiger partial charge in [0.15, 0.2) is 0 Å². The Hall–Kier alpha value is -3.52. The SMILES string of the molecule is O=C(CSc1cccc(NC(=O)c2cccc3cccc(C(=O)O)c23)c1)Nc1cc(Cl)ccc1Cl. The number of hydrogen-bond donors (Lipinski definition) is 3. The van der Waals surface area contributed by atoms with Crippen LogP contribution in [0.25, 0.3) is 10.8 Å². The van der Waals surface area contributed by atoms with Gasteiger partial charge in [-0.3, -0.25) is 9.59 Å². The van der Waals surface area contributed by atoms with Gasteiger partial charge in [0, 0.05) is 26.6 Å². The Labute approximate surface area is 215 Å². The second kappa shape index (κ2) is 10.8. The van der Waals surface area contributed by atoms with Gasteiger partial charge in [-0.25, -0.2) is 4.79 Å². The van der Waals surface area contributed by atoms with Gasteiger partial charge < -0.3 is 15.7 Å². The van der Waals surface area contributed by atoms with Crippen molar-refractivity contribution in [2.45, 2.75) is 4.90 Å². The number of halogens is 2. The number of aromatic carboxylic acids is 1. The molecule has 0 radical (unpaired) electrons. The van der Waals surface area contributed by atoms with Crippen LogP contribution in [-0.4, -0.2) is 28.6 Å². The number of carboxylic acids is 1. The minimum absolute atomic E-state index is 0.0587. The predicted octanol–water partition coefficient (Wildman–Crippen LogP) is 6.83. The molecule has 0 aliphatic carbocycles. The first-order valence-corrected chi connectivity index (χ1v) is 12.1. The summed E-state index contributed by atoms with van der Waals surface area (Å²) in [7, 11) is 0. The topological polar surface area (TPSA) is 95.5 Å². The maximum Gasteiger partial charge on any atom is 0.336 e. The highest BCUT2D eigenvalue weighted by Gasteiger charge is 2.17. The van der Waals surface area contributed by atoms with Gasteiger partial charge >= 0.3 is 5.97 Å². The van der Waals surface area contributed by atoms with Crippen LogP contribution in [0.1, 0.15) is 20.7 Å². The van der Waals surface area contributed by atoms with E-state index in [1.54, 1.807) is 66.7 Å². The molecule has 2 amide bonds. The second-order valence-electron chi connectivity index (χ2n) is 7.46. The number of carbonyl (C=O) groups excluding carboxylic acids is 2. The van der Waals surface area contributed by atoms with E-state index in [-0.39, 0.29) is 22.8 Å². The van der Waals surface area contributed by atoms with E-state index in [9.17, 15) is 19.5 Å². The van der Waals surface area contributed by atoms with Crippen LogP contribution in [0, 0.1) is 0 Å². The number of thioether (sulfide) groups is 1. The highest BCUT2D eigenvalue weighted by Crippen LogP contribution is 2.28. The van der Waals surface area contributed by atoms with Gasteiger partial charge in [-0.2, -0.15) is 0 Å². The molecule has 0 saturated heterocycles. The third-order valence-corrected chi connectivity index (χ3v) is 6.60. The highest BCUT2D eigenvalue weighted by atomic mass is 35.5. The van der Waals surface area contributed by atoms with Crippen LogP contribution in [0.4, 0.5) is 11.4 Å². The van der Waals surface area contributed by atoms with Crippen molar-refractivity contribution in [3.05, 3.63) is 100 Å². The Morgan fingerprint density at radius 2 is 1.54 bits per heavy atom. The fourth-order valence-electron chi connectivity index (χ4n) is 3.50. The Morgan fingerprint density at radius 1 is 0.829 bits per heavy atom. The molecule has 4 aromatic carbocycles. The molecule has 6 nitrogen and oxygen atoms in total. The number of hydrogen-bond acceptors (Lipinski definition) is 4. The van der Waals surface area contributed by atoms with Crippen LogP contribution in [0.3, 0.4) is 0 Å². The molecule has 0 aliphatic rings. The van der Waals surface area contributed by atoms with Crippen molar-refractivity contribution in [2.24, 2.45) is 0 Å². The maximum absolute atomic E-state index is 13.0. The van der Waals surface area contributed by atoms with Gasteiger partial charge in [0.2, 0.25) is 5.91 Å². The summed E-state index contributed by atoms with van der Waals surface area (Å²) in [6.07, 6.45) is 0. The van der Waals surface area contributed by atoms with Gasteiger partial charge in [-0.05, 0) is 53.9 Å². The van der Waals surface area contributed by atoms with Crippen molar-refractivity contribution in [2.75, 3.05) is 16.4 Å². The van der Waals surface area contributed by atoms with Crippen LogP contribution >= 0.6 is 35.0 Å². The van der Waals surface area contributed by atoms with E-state index in [1.807, 2.05) is 6.07 Å². The second-order valence-corrected chi connectivity index (χ2v) is 9.35. The lowest BCUT2D eigenvalue weighted by molar-refractivity contribution is -0.113. The summed E-state index contributed by atoms with van der Waals surface area (Å²) in [5.41, 5.74) is 1.27. The van der Waals surface area contributed by atoms with Crippen molar-refractivity contribution in [1.82, 2.24) is 0 Å². The first-order chi connectivity index (χ1) is 16.8. The van der Waals surface area contributed by atoms with Gasteiger partial charge in [-0.15, -0.1) is 11.8 Å².